The van der Waals surface area contributed by atoms with Crippen LogP contribution in [-0.4, -0.2) is 31.5 Å². The normalized spacial score (nSPS) is 15.4. The number of rotatable bonds is 6. The van der Waals surface area contributed by atoms with Gasteiger partial charge in [0.05, 0.1) is 25.2 Å². The van der Waals surface area contributed by atoms with Crippen LogP contribution in [0, 0.1) is 0 Å². The number of furan rings is 1. The molecule has 1 aromatic heterocycles. The second-order valence-electron chi connectivity index (χ2n) is 3.30. The Balaban J connectivity index is 2.24. The van der Waals surface area contributed by atoms with Crippen LogP contribution in [0.3, 0.4) is 0 Å². The smallest absolute Gasteiger partial charge is 0.0950 e. The van der Waals surface area contributed by atoms with Crippen LogP contribution in [0.15, 0.2) is 23.0 Å². The second-order valence-corrected chi connectivity index (χ2v) is 3.30. The topological polar surface area (TPSA) is 54.6 Å². The third kappa shape index (κ3) is 3.49. The van der Waals surface area contributed by atoms with E-state index in [9.17, 15) is 5.11 Å². The molecular weight excluding hydrogens is 182 g/mol. The number of ether oxygens (including phenoxy) is 1. The fourth-order valence-corrected chi connectivity index (χ4v) is 1.20. The molecular formula is C10H17NO3. The Morgan fingerprint density at radius 3 is 3.00 bits per heavy atom. The van der Waals surface area contributed by atoms with E-state index in [4.69, 9.17) is 9.15 Å². The lowest BCUT2D eigenvalue weighted by Gasteiger charge is -2.15. The van der Waals surface area contributed by atoms with E-state index in [2.05, 4.69) is 5.32 Å². The van der Waals surface area contributed by atoms with E-state index in [0.717, 1.165) is 5.56 Å². The highest BCUT2D eigenvalue weighted by Crippen LogP contribution is 2.11. The maximum atomic E-state index is 9.38. The highest BCUT2D eigenvalue weighted by Gasteiger charge is 2.08. The molecule has 1 heterocycles. The summed E-state index contributed by atoms with van der Waals surface area (Å²) < 4.78 is 9.78. The Morgan fingerprint density at radius 2 is 2.43 bits per heavy atom. The maximum absolute atomic E-state index is 9.38. The first-order valence-electron chi connectivity index (χ1n) is 4.66. The average Bonchev–Trinajstić information content (AvgIpc) is 2.67. The molecule has 0 saturated heterocycles. The fraction of sp³-hybridized carbons (Fsp3) is 0.600. The quantitative estimate of drug-likeness (QED) is 0.716. The van der Waals surface area contributed by atoms with Crippen LogP contribution in [0.1, 0.15) is 18.5 Å². The molecule has 80 valence electrons. The molecule has 0 bridgehead atoms. The highest BCUT2D eigenvalue weighted by molar-refractivity contribution is 5.10. The average molecular weight is 199 g/mol. The van der Waals surface area contributed by atoms with Crippen molar-refractivity contribution in [2.75, 3.05) is 20.3 Å². The molecule has 0 fully saturated rings. The van der Waals surface area contributed by atoms with Crippen LogP contribution in [0.4, 0.5) is 0 Å². The largest absolute Gasteiger partial charge is 0.472 e. The van der Waals surface area contributed by atoms with Gasteiger partial charge in [0.2, 0.25) is 0 Å². The summed E-state index contributed by atoms with van der Waals surface area (Å²) in [6.07, 6.45) is 2.87. The van der Waals surface area contributed by atoms with Gasteiger partial charge in [-0.3, -0.25) is 0 Å². The van der Waals surface area contributed by atoms with E-state index >= 15 is 0 Å². The molecule has 4 heteroatoms. The number of nitrogens with one attached hydrogen (secondary N) is 1. The van der Waals surface area contributed by atoms with Crippen molar-refractivity contribution in [3.8, 4) is 0 Å². The van der Waals surface area contributed by atoms with Crippen molar-refractivity contribution in [1.29, 1.82) is 0 Å². The van der Waals surface area contributed by atoms with E-state index in [1.54, 1.807) is 19.6 Å². The van der Waals surface area contributed by atoms with Crippen LogP contribution < -0.4 is 5.32 Å². The van der Waals surface area contributed by atoms with Crippen molar-refractivity contribution < 1.29 is 14.3 Å². The van der Waals surface area contributed by atoms with Crippen molar-refractivity contribution in [3.05, 3.63) is 24.2 Å². The first-order chi connectivity index (χ1) is 6.74. The summed E-state index contributed by atoms with van der Waals surface area (Å²) in [6.45, 7) is 2.88. The van der Waals surface area contributed by atoms with Crippen molar-refractivity contribution in [1.82, 2.24) is 5.32 Å². The highest BCUT2D eigenvalue weighted by atomic mass is 16.5. The summed E-state index contributed by atoms with van der Waals surface area (Å²) in [4.78, 5) is 0. The molecule has 0 aromatic carbocycles. The molecule has 0 saturated carbocycles. The van der Waals surface area contributed by atoms with Gasteiger partial charge >= 0.3 is 0 Å². The Hall–Kier alpha value is -0.840. The number of hydrogen-bond acceptors (Lipinski definition) is 4. The second kappa shape index (κ2) is 5.80. The van der Waals surface area contributed by atoms with E-state index < -0.39 is 6.10 Å². The molecule has 0 aliphatic rings. The minimum absolute atomic E-state index is 0.181. The van der Waals surface area contributed by atoms with Crippen LogP contribution in [0.5, 0.6) is 0 Å². The van der Waals surface area contributed by atoms with Gasteiger partial charge in [-0.1, -0.05) is 0 Å². The van der Waals surface area contributed by atoms with Gasteiger partial charge in [0.15, 0.2) is 0 Å². The van der Waals surface area contributed by atoms with Gasteiger partial charge in [-0.25, -0.2) is 0 Å². The van der Waals surface area contributed by atoms with Gasteiger partial charge in [-0.2, -0.15) is 0 Å². The predicted octanol–water partition coefficient (Wildman–Crippen LogP) is 0.938. The van der Waals surface area contributed by atoms with Gasteiger partial charge in [0.25, 0.3) is 0 Å². The Labute approximate surface area is 83.9 Å². The van der Waals surface area contributed by atoms with E-state index in [0.29, 0.717) is 13.2 Å². The van der Waals surface area contributed by atoms with Crippen LogP contribution in [-0.2, 0) is 4.74 Å². The number of aliphatic hydroxyl groups is 1. The van der Waals surface area contributed by atoms with E-state index in [1.807, 2.05) is 13.0 Å². The fourth-order valence-electron chi connectivity index (χ4n) is 1.20. The first kappa shape index (κ1) is 11.2. The zero-order valence-electron chi connectivity index (χ0n) is 8.56. The van der Waals surface area contributed by atoms with Crippen molar-refractivity contribution in [2.45, 2.75) is 19.1 Å². The van der Waals surface area contributed by atoms with Crippen molar-refractivity contribution in [2.24, 2.45) is 0 Å². The van der Waals surface area contributed by atoms with Crippen LogP contribution in [0.25, 0.3) is 0 Å². The lowest BCUT2D eigenvalue weighted by Crippen LogP contribution is -2.31. The van der Waals surface area contributed by atoms with Crippen molar-refractivity contribution >= 4 is 0 Å². The van der Waals surface area contributed by atoms with Gasteiger partial charge in [-0.15, -0.1) is 0 Å². The summed E-state index contributed by atoms with van der Waals surface area (Å²) >= 11 is 0. The van der Waals surface area contributed by atoms with Gasteiger partial charge < -0.3 is 19.6 Å². The first-order valence-corrected chi connectivity index (χ1v) is 4.66. The van der Waals surface area contributed by atoms with E-state index in [1.165, 1.54) is 0 Å². The minimum atomic E-state index is -0.464. The van der Waals surface area contributed by atoms with Gasteiger partial charge in [0, 0.05) is 25.3 Å². The molecule has 1 rings (SSSR count). The molecule has 0 radical (unpaired) electrons. The Bertz CT molecular complexity index is 236. The molecule has 2 unspecified atom stereocenters. The lowest BCUT2D eigenvalue weighted by molar-refractivity contribution is 0.0630. The zero-order valence-corrected chi connectivity index (χ0v) is 8.56. The zero-order chi connectivity index (χ0) is 10.4. The molecule has 0 spiro atoms. The van der Waals surface area contributed by atoms with Crippen LogP contribution in [0.2, 0.25) is 0 Å². The summed E-state index contributed by atoms with van der Waals surface area (Å²) in [6, 6.07) is 2.08. The number of hydrogen-bond donors (Lipinski definition) is 2. The molecule has 0 aliphatic carbocycles. The predicted molar refractivity (Wildman–Crippen MR) is 53.0 cm³/mol. The maximum Gasteiger partial charge on any atom is 0.0950 e. The molecule has 14 heavy (non-hydrogen) atoms. The summed E-state index contributed by atoms with van der Waals surface area (Å²) in [7, 11) is 1.57. The number of aliphatic hydroxyl groups excluding tert-OH is 1. The van der Waals surface area contributed by atoms with Crippen molar-refractivity contribution in [3.63, 3.8) is 0 Å². The summed E-state index contributed by atoms with van der Waals surface area (Å²) in [5, 5.41) is 12.6. The molecule has 0 aliphatic heterocycles. The van der Waals surface area contributed by atoms with Gasteiger partial charge in [-0.05, 0) is 13.0 Å². The lowest BCUT2D eigenvalue weighted by atomic mass is 10.2. The summed E-state index contributed by atoms with van der Waals surface area (Å²) in [5.74, 6) is 0. The standard InChI is InChI=1S/C10H17NO3/c1-8(9-3-4-14-6-9)11-5-10(12)7-13-2/h3-4,6,8,10-12H,5,7H2,1-2H3. The summed E-state index contributed by atoms with van der Waals surface area (Å²) in [5.41, 5.74) is 1.08. The monoisotopic (exact) mass is 199 g/mol. The SMILES string of the molecule is COCC(O)CNC(C)c1ccoc1. The Kier molecular flexibility index (Phi) is 4.65. The van der Waals surface area contributed by atoms with E-state index in [-0.39, 0.29) is 6.04 Å². The molecule has 4 nitrogen and oxygen atoms in total. The molecule has 0 amide bonds. The Morgan fingerprint density at radius 1 is 1.64 bits per heavy atom. The molecule has 1 aromatic rings. The molecule has 2 atom stereocenters. The minimum Gasteiger partial charge on any atom is -0.472 e. The third-order valence-electron chi connectivity index (χ3n) is 2.06. The van der Waals surface area contributed by atoms with Gasteiger partial charge in [0.1, 0.15) is 0 Å². The number of methoxy groups -OCH3 is 1. The molecule has 2 N–H and O–H groups in total. The third-order valence-corrected chi connectivity index (χ3v) is 2.06. The van der Waals surface area contributed by atoms with Crippen LogP contribution >= 0.6 is 0 Å².